The first-order chi connectivity index (χ1) is 8.79. The van der Waals surface area contributed by atoms with Crippen LogP contribution in [0.15, 0.2) is 12.2 Å². The lowest BCUT2D eigenvalue weighted by atomic mass is 10.2. The lowest BCUT2D eigenvalue weighted by Crippen LogP contribution is -2.37. The highest BCUT2D eigenvalue weighted by Gasteiger charge is 2.39. The highest BCUT2D eigenvalue weighted by molar-refractivity contribution is 5.86. The van der Waals surface area contributed by atoms with E-state index in [1.807, 2.05) is 0 Å². The molecule has 104 valence electrons. The molecule has 0 saturated carbocycles. The Balaban J connectivity index is 2.12. The summed E-state index contributed by atoms with van der Waals surface area (Å²) in [5.74, 6) is -1.96. The fourth-order valence-electron chi connectivity index (χ4n) is 1.89. The molecule has 0 radical (unpaired) electrons. The number of carboxylic acid groups (broad SMARTS) is 1. The normalized spacial score (nSPS) is 16.2. The second-order valence-corrected chi connectivity index (χ2v) is 4.21. The summed E-state index contributed by atoms with van der Waals surface area (Å²) < 4.78 is 38.8. The van der Waals surface area contributed by atoms with Crippen LogP contribution in [0.1, 0.15) is 11.6 Å². The van der Waals surface area contributed by atoms with Crippen molar-refractivity contribution in [1.82, 2.24) is 19.7 Å². The van der Waals surface area contributed by atoms with E-state index in [2.05, 4.69) is 16.8 Å². The first-order valence-electron chi connectivity index (χ1n) is 5.41. The van der Waals surface area contributed by atoms with E-state index in [4.69, 9.17) is 5.11 Å². The predicted octanol–water partition coefficient (Wildman–Crippen LogP) is 0.753. The Hall–Kier alpha value is -1.90. The van der Waals surface area contributed by atoms with Gasteiger partial charge < -0.3 is 9.67 Å². The SMILES string of the molecule is C=C(CN1CCn2c(nnc2C(F)(F)F)C1)C(=O)O. The van der Waals surface area contributed by atoms with Gasteiger partial charge in [-0.05, 0) is 0 Å². The molecule has 2 rings (SSSR count). The Morgan fingerprint density at radius 1 is 1.37 bits per heavy atom. The van der Waals surface area contributed by atoms with Gasteiger partial charge in [-0.3, -0.25) is 4.90 Å². The first-order valence-corrected chi connectivity index (χ1v) is 5.41. The predicted molar refractivity (Wildman–Crippen MR) is 57.1 cm³/mol. The third kappa shape index (κ3) is 2.75. The number of carbonyl (C=O) groups is 1. The highest BCUT2D eigenvalue weighted by atomic mass is 19.4. The Morgan fingerprint density at radius 2 is 2.05 bits per heavy atom. The van der Waals surface area contributed by atoms with Gasteiger partial charge in [-0.2, -0.15) is 13.2 Å². The van der Waals surface area contributed by atoms with Gasteiger partial charge in [0.25, 0.3) is 0 Å². The number of carboxylic acids is 1. The fourth-order valence-corrected chi connectivity index (χ4v) is 1.89. The van der Waals surface area contributed by atoms with Gasteiger partial charge >= 0.3 is 12.1 Å². The summed E-state index contributed by atoms with van der Waals surface area (Å²) in [7, 11) is 0. The molecule has 1 N–H and O–H groups in total. The van der Waals surface area contributed by atoms with E-state index in [-0.39, 0.29) is 31.0 Å². The van der Waals surface area contributed by atoms with Gasteiger partial charge in [-0.25, -0.2) is 4.79 Å². The molecular formula is C10H11F3N4O2. The Morgan fingerprint density at radius 3 is 2.63 bits per heavy atom. The maximum atomic E-state index is 12.6. The molecule has 0 aromatic carbocycles. The van der Waals surface area contributed by atoms with Crippen molar-refractivity contribution in [2.75, 3.05) is 13.1 Å². The second-order valence-electron chi connectivity index (χ2n) is 4.21. The van der Waals surface area contributed by atoms with Gasteiger partial charge in [0.05, 0.1) is 6.54 Å². The third-order valence-corrected chi connectivity index (χ3v) is 2.80. The van der Waals surface area contributed by atoms with Crippen molar-refractivity contribution < 1.29 is 23.1 Å². The molecule has 6 nitrogen and oxygen atoms in total. The molecule has 0 amide bonds. The van der Waals surface area contributed by atoms with Crippen LogP contribution in [0.2, 0.25) is 0 Å². The zero-order valence-corrected chi connectivity index (χ0v) is 9.81. The fraction of sp³-hybridized carbons (Fsp3) is 0.500. The molecule has 9 heteroatoms. The summed E-state index contributed by atoms with van der Waals surface area (Å²) in [6, 6.07) is 0. The molecule has 1 aromatic heterocycles. The molecule has 1 aromatic rings. The molecule has 0 spiro atoms. The van der Waals surface area contributed by atoms with Crippen LogP contribution in [-0.2, 0) is 24.1 Å². The molecule has 0 unspecified atom stereocenters. The van der Waals surface area contributed by atoms with Crippen LogP contribution in [0.25, 0.3) is 0 Å². The largest absolute Gasteiger partial charge is 0.478 e. The van der Waals surface area contributed by atoms with Crippen LogP contribution in [0.3, 0.4) is 0 Å². The van der Waals surface area contributed by atoms with E-state index in [0.29, 0.717) is 6.54 Å². The summed E-state index contributed by atoms with van der Waals surface area (Å²) in [4.78, 5) is 12.3. The topological polar surface area (TPSA) is 71.2 Å². The van der Waals surface area contributed by atoms with Crippen LogP contribution < -0.4 is 0 Å². The van der Waals surface area contributed by atoms with Crippen molar-refractivity contribution in [2.45, 2.75) is 19.3 Å². The van der Waals surface area contributed by atoms with Gasteiger partial charge in [-0.1, -0.05) is 6.58 Å². The molecular weight excluding hydrogens is 265 g/mol. The number of hydrogen-bond donors (Lipinski definition) is 1. The number of rotatable bonds is 3. The van der Waals surface area contributed by atoms with E-state index < -0.39 is 18.0 Å². The number of alkyl halides is 3. The zero-order valence-electron chi connectivity index (χ0n) is 9.81. The van der Waals surface area contributed by atoms with E-state index in [9.17, 15) is 18.0 Å². The summed E-state index contributed by atoms with van der Waals surface area (Å²) in [6.45, 7) is 3.96. The highest BCUT2D eigenvalue weighted by Crippen LogP contribution is 2.29. The molecule has 2 heterocycles. The second kappa shape index (κ2) is 4.65. The first kappa shape index (κ1) is 13.5. The lowest BCUT2D eigenvalue weighted by Gasteiger charge is -2.27. The molecule has 1 aliphatic rings. The standard InChI is InChI=1S/C10H11F3N4O2/c1-6(8(18)19)4-16-2-3-17-7(5-16)14-15-9(17)10(11,12)13/h1-5H2,(H,18,19). The van der Waals surface area contributed by atoms with Crippen molar-refractivity contribution in [1.29, 1.82) is 0 Å². The number of hydrogen-bond acceptors (Lipinski definition) is 4. The zero-order chi connectivity index (χ0) is 14.2. The minimum Gasteiger partial charge on any atom is -0.478 e. The number of nitrogens with zero attached hydrogens (tertiary/aromatic N) is 4. The Kier molecular flexibility index (Phi) is 3.31. The molecule has 0 saturated heterocycles. The van der Waals surface area contributed by atoms with Crippen molar-refractivity contribution in [3.8, 4) is 0 Å². The molecule has 0 atom stereocenters. The van der Waals surface area contributed by atoms with Crippen LogP contribution in [0, 0.1) is 0 Å². The number of halogens is 3. The molecule has 19 heavy (non-hydrogen) atoms. The number of aromatic nitrogens is 3. The van der Waals surface area contributed by atoms with E-state index in [1.165, 1.54) is 0 Å². The van der Waals surface area contributed by atoms with Crippen molar-refractivity contribution in [3.63, 3.8) is 0 Å². The third-order valence-electron chi connectivity index (χ3n) is 2.80. The average Bonchev–Trinajstić information content (AvgIpc) is 2.71. The average molecular weight is 276 g/mol. The van der Waals surface area contributed by atoms with E-state index >= 15 is 0 Å². The van der Waals surface area contributed by atoms with Gasteiger partial charge in [0, 0.05) is 25.2 Å². The maximum absolute atomic E-state index is 12.6. The molecule has 1 aliphatic heterocycles. The summed E-state index contributed by atoms with van der Waals surface area (Å²) >= 11 is 0. The quantitative estimate of drug-likeness (QED) is 0.825. The van der Waals surface area contributed by atoms with E-state index in [0.717, 1.165) is 4.57 Å². The van der Waals surface area contributed by atoms with Gasteiger partial charge in [-0.15, -0.1) is 10.2 Å². The minimum absolute atomic E-state index is 0.0102. The number of fused-ring (bicyclic) bond motifs is 1. The Bertz CT molecular complexity index is 523. The van der Waals surface area contributed by atoms with Gasteiger partial charge in [0.1, 0.15) is 5.82 Å². The summed E-state index contributed by atoms with van der Waals surface area (Å²) in [5, 5.41) is 15.4. The Labute approximate surface area is 106 Å². The van der Waals surface area contributed by atoms with Crippen LogP contribution in [-0.4, -0.2) is 43.8 Å². The lowest BCUT2D eigenvalue weighted by molar-refractivity contribution is -0.148. The van der Waals surface area contributed by atoms with Crippen molar-refractivity contribution in [3.05, 3.63) is 23.8 Å². The molecule has 0 bridgehead atoms. The summed E-state index contributed by atoms with van der Waals surface area (Å²) in [5.41, 5.74) is -0.0102. The van der Waals surface area contributed by atoms with E-state index in [1.54, 1.807) is 4.90 Å². The smallest absolute Gasteiger partial charge is 0.451 e. The van der Waals surface area contributed by atoms with Crippen molar-refractivity contribution in [2.24, 2.45) is 0 Å². The van der Waals surface area contributed by atoms with Gasteiger partial charge in [0.2, 0.25) is 5.82 Å². The molecule has 0 fully saturated rings. The van der Waals surface area contributed by atoms with Crippen LogP contribution >= 0.6 is 0 Å². The van der Waals surface area contributed by atoms with Crippen LogP contribution in [0.4, 0.5) is 13.2 Å². The summed E-state index contributed by atoms with van der Waals surface area (Å²) in [6.07, 6.45) is -4.53. The minimum atomic E-state index is -4.53. The monoisotopic (exact) mass is 276 g/mol. The van der Waals surface area contributed by atoms with Crippen molar-refractivity contribution >= 4 is 5.97 Å². The van der Waals surface area contributed by atoms with Gasteiger partial charge in [0.15, 0.2) is 0 Å². The number of aliphatic carboxylic acids is 1. The molecule has 0 aliphatic carbocycles. The maximum Gasteiger partial charge on any atom is 0.451 e. The van der Waals surface area contributed by atoms with Crippen LogP contribution in [0.5, 0.6) is 0 Å².